The third kappa shape index (κ3) is 4.45. The second kappa shape index (κ2) is 11.2. The highest BCUT2D eigenvalue weighted by atomic mass is 31.2. The van der Waals surface area contributed by atoms with Crippen molar-refractivity contribution in [2.75, 3.05) is 6.61 Å². The van der Waals surface area contributed by atoms with Gasteiger partial charge in [-0.05, 0) is 29.7 Å². The maximum Gasteiger partial charge on any atom is 0.341 e. The lowest BCUT2D eigenvalue weighted by Crippen LogP contribution is -2.39. The minimum Gasteiger partial charge on any atom is -0.462 e. The van der Waals surface area contributed by atoms with Gasteiger partial charge in [0.05, 0.1) is 23.2 Å². The van der Waals surface area contributed by atoms with Crippen LogP contribution in [-0.2, 0) is 9.53 Å². The van der Waals surface area contributed by atoms with Crippen molar-refractivity contribution in [3.05, 3.63) is 126 Å². The molecule has 3 nitrogen and oxygen atoms in total. The van der Waals surface area contributed by atoms with E-state index >= 15 is 8.78 Å². The molecular weight excluding hydrogens is 520 g/mol. The van der Waals surface area contributed by atoms with Crippen LogP contribution >= 0.6 is 6.89 Å². The van der Waals surface area contributed by atoms with Gasteiger partial charge in [-0.3, -0.25) is 5.41 Å². The van der Waals surface area contributed by atoms with Crippen molar-refractivity contribution in [1.82, 2.24) is 0 Å². The van der Waals surface area contributed by atoms with Crippen LogP contribution in [0.15, 0.2) is 91.0 Å². The molecule has 9 heteroatoms. The number of hydrogen-bond acceptors (Lipinski definition) is 3. The van der Waals surface area contributed by atoms with Crippen LogP contribution in [0, 0.1) is 34.5 Å². The molecular formula is C29H21F5NO2P. The molecule has 0 radical (unpaired) electrons. The minimum atomic E-state index is -3.51. The molecule has 38 heavy (non-hydrogen) atoms. The van der Waals surface area contributed by atoms with Gasteiger partial charge >= 0.3 is 5.97 Å². The molecule has 0 aromatic heterocycles. The minimum absolute atomic E-state index is 0.162. The third-order valence-electron chi connectivity index (χ3n) is 5.93. The monoisotopic (exact) mass is 541 g/mol. The van der Waals surface area contributed by atoms with Crippen molar-refractivity contribution >= 4 is 39.8 Å². The van der Waals surface area contributed by atoms with Gasteiger partial charge in [-0.2, -0.15) is 0 Å². The molecule has 0 fully saturated rings. The van der Waals surface area contributed by atoms with Crippen molar-refractivity contribution in [3.63, 3.8) is 0 Å². The van der Waals surface area contributed by atoms with Gasteiger partial charge in [0.2, 0.25) is 5.82 Å². The Morgan fingerprint density at radius 3 is 1.34 bits per heavy atom. The average molecular weight is 541 g/mol. The Morgan fingerprint density at radius 2 is 1.00 bits per heavy atom. The quantitative estimate of drug-likeness (QED) is 0.0842. The summed E-state index contributed by atoms with van der Waals surface area (Å²) in [6.45, 7) is -2.16. The number of esters is 1. The first kappa shape index (κ1) is 27.0. The van der Waals surface area contributed by atoms with Gasteiger partial charge in [-0.25, -0.2) is 26.7 Å². The van der Waals surface area contributed by atoms with Crippen LogP contribution in [0.3, 0.4) is 0 Å². The number of nitrogens with one attached hydrogen (secondary N) is 1. The lowest BCUT2D eigenvalue weighted by Gasteiger charge is -2.32. The number of carbonyl (C=O) groups excluding carboxylic acids is 1. The predicted octanol–water partition coefficient (Wildman–Crippen LogP) is 5.48. The van der Waals surface area contributed by atoms with Gasteiger partial charge in [-0.1, -0.05) is 91.0 Å². The largest absolute Gasteiger partial charge is 0.462 e. The maximum absolute atomic E-state index is 15.0. The molecule has 0 aliphatic carbocycles. The topological polar surface area (TPSA) is 50.2 Å². The van der Waals surface area contributed by atoms with Gasteiger partial charge in [0, 0.05) is 0 Å². The lowest BCUT2D eigenvalue weighted by molar-refractivity contribution is -0.134. The fourth-order valence-corrected chi connectivity index (χ4v) is 8.65. The second-order valence-corrected chi connectivity index (χ2v) is 11.4. The molecule has 0 aliphatic heterocycles. The number of carbonyl (C=O) groups is 1. The maximum atomic E-state index is 15.0. The van der Waals surface area contributed by atoms with E-state index in [2.05, 4.69) is 0 Å². The molecule has 4 rings (SSSR count). The molecule has 194 valence electrons. The molecule has 4 aromatic carbocycles. The second-order valence-electron chi connectivity index (χ2n) is 8.07. The Kier molecular flexibility index (Phi) is 7.93. The molecule has 0 unspecified atom stereocenters. The highest BCUT2D eigenvalue weighted by Crippen LogP contribution is 2.47. The first-order valence-corrected chi connectivity index (χ1v) is 13.3. The Balaban J connectivity index is 2.32. The third-order valence-corrected chi connectivity index (χ3v) is 10.2. The summed E-state index contributed by atoms with van der Waals surface area (Å²) in [5, 5.41) is 9.92. The first-order chi connectivity index (χ1) is 18.3. The number of halogens is 5. The van der Waals surface area contributed by atoms with E-state index in [1.54, 1.807) is 91.0 Å². The average Bonchev–Trinajstić information content (AvgIpc) is 2.95. The zero-order valence-electron chi connectivity index (χ0n) is 20.0. The number of ether oxygens (including phenoxy) is 1. The van der Waals surface area contributed by atoms with Gasteiger partial charge < -0.3 is 4.74 Å². The summed E-state index contributed by atoms with van der Waals surface area (Å²) in [7, 11) is 0. The zero-order valence-corrected chi connectivity index (χ0v) is 20.9. The molecule has 4 aromatic rings. The highest BCUT2D eigenvalue weighted by Gasteiger charge is 2.39. The molecule has 0 saturated heterocycles. The summed E-state index contributed by atoms with van der Waals surface area (Å²) in [6, 6.07) is 25.5. The molecule has 0 atom stereocenters. The van der Waals surface area contributed by atoms with E-state index in [0.29, 0.717) is 15.9 Å². The van der Waals surface area contributed by atoms with E-state index in [-0.39, 0.29) is 6.61 Å². The van der Waals surface area contributed by atoms with Crippen molar-refractivity contribution in [2.24, 2.45) is 0 Å². The molecule has 0 bridgehead atoms. The van der Waals surface area contributed by atoms with E-state index < -0.39 is 58.5 Å². The number of benzene rings is 4. The van der Waals surface area contributed by atoms with E-state index in [1.165, 1.54) is 6.92 Å². The van der Waals surface area contributed by atoms with E-state index in [9.17, 15) is 18.0 Å². The lowest BCUT2D eigenvalue weighted by atomic mass is 10.0. The normalized spacial score (nSPS) is 11.2. The predicted molar refractivity (Wildman–Crippen MR) is 140 cm³/mol. The molecule has 0 aliphatic rings. The van der Waals surface area contributed by atoms with Crippen LogP contribution in [0.5, 0.6) is 0 Å². The van der Waals surface area contributed by atoms with Crippen LogP contribution in [0.2, 0.25) is 0 Å². The van der Waals surface area contributed by atoms with Crippen molar-refractivity contribution in [2.45, 2.75) is 6.92 Å². The number of hydrogen-bond donors (Lipinski definition) is 1. The van der Waals surface area contributed by atoms with Crippen LogP contribution in [-0.4, -0.2) is 23.6 Å². The van der Waals surface area contributed by atoms with Crippen LogP contribution in [0.1, 0.15) is 12.5 Å². The summed E-state index contributed by atoms with van der Waals surface area (Å²) < 4.78 is 77.8. The van der Waals surface area contributed by atoms with Gasteiger partial charge in [0.1, 0.15) is 0 Å². The summed E-state index contributed by atoms with van der Waals surface area (Å²) >= 11 is 0. The SMILES string of the molecule is CCOC(=O)C(C(=N)c1c(F)c(F)c(F)c(F)c1F)=P(c1ccccc1)(c1ccccc1)c1ccccc1. The molecule has 0 saturated carbocycles. The summed E-state index contributed by atoms with van der Waals surface area (Å²) in [6.07, 6.45) is 0. The Morgan fingerprint density at radius 1 is 0.658 bits per heavy atom. The van der Waals surface area contributed by atoms with Crippen molar-refractivity contribution in [3.8, 4) is 0 Å². The summed E-state index contributed by atoms with van der Waals surface area (Å²) in [5.74, 6) is -12.3. The smallest absolute Gasteiger partial charge is 0.341 e. The molecule has 0 spiro atoms. The fraction of sp³-hybridized carbons (Fsp3) is 0.0690. The summed E-state index contributed by atoms with van der Waals surface area (Å²) in [5.41, 5.74) is -2.65. The molecule has 0 amide bonds. The van der Waals surface area contributed by atoms with E-state index in [1.807, 2.05) is 0 Å². The Labute approximate surface area is 216 Å². The van der Waals surface area contributed by atoms with Crippen molar-refractivity contribution < 1.29 is 31.5 Å². The Hall–Kier alpha value is -4.03. The molecule has 0 heterocycles. The van der Waals surface area contributed by atoms with Crippen LogP contribution in [0.4, 0.5) is 22.0 Å². The van der Waals surface area contributed by atoms with Crippen molar-refractivity contribution in [1.29, 1.82) is 5.41 Å². The zero-order chi connectivity index (χ0) is 27.4. The van der Waals surface area contributed by atoms with Crippen LogP contribution < -0.4 is 15.9 Å². The van der Waals surface area contributed by atoms with E-state index in [4.69, 9.17) is 10.1 Å². The van der Waals surface area contributed by atoms with Gasteiger partial charge in [0.25, 0.3) is 0 Å². The molecule has 1 N–H and O–H groups in total. The first-order valence-electron chi connectivity index (χ1n) is 11.5. The highest BCUT2D eigenvalue weighted by molar-refractivity contribution is 7.97. The Bertz CT molecular complexity index is 1430. The summed E-state index contributed by atoms with van der Waals surface area (Å²) in [4.78, 5) is 13.7. The van der Waals surface area contributed by atoms with Gasteiger partial charge in [0.15, 0.2) is 23.3 Å². The van der Waals surface area contributed by atoms with Gasteiger partial charge in [-0.15, -0.1) is 0 Å². The standard InChI is InChI=1S/C29H21F5NO2P/c1-2-37-29(36)28(27(35)21-22(30)24(32)26(34)25(33)23(21)31)38(18-12-6-3-7-13-18,19-14-8-4-9-15-19)20-16-10-5-11-17-20/h3-17,35H,2H2,1H3. The van der Waals surface area contributed by atoms with E-state index in [0.717, 1.165) is 0 Å². The van der Waals surface area contributed by atoms with Crippen LogP contribution in [0.25, 0.3) is 0 Å². The number of rotatable bonds is 7. The fourth-order valence-electron chi connectivity index (χ4n) is 4.34.